The Kier molecular flexibility index (Phi) is 3.61. The van der Waals surface area contributed by atoms with E-state index in [1.54, 1.807) is 13.0 Å². The fraction of sp³-hybridized carbons (Fsp3) is 0.545. The number of nitrogens with zero attached hydrogens (tertiary/aromatic N) is 4. The highest BCUT2D eigenvalue weighted by Gasteiger charge is 2.09. The number of likely N-dealkylation sites (N-methyl/N-ethyl adjacent to an activating group) is 2. The lowest BCUT2D eigenvalue weighted by atomic mass is 10.4. The van der Waals surface area contributed by atoms with Gasteiger partial charge in [0.15, 0.2) is 5.65 Å². The highest BCUT2D eigenvalue weighted by atomic mass is 16.1. The maximum absolute atomic E-state index is 11.5. The molecule has 0 atom stereocenters. The second-order valence-electron chi connectivity index (χ2n) is 4.16. The van der Waals surface area contributed by atoms with Crippen LogP contribution in [0, 0.1) is 6.92 Å². The summed E-state index contributed by atoms with van der Waals surface area (Å²) in [4.78, 5) is 17.9. The molecule has 2 aromatic heterocycles. The van der Waals surface area contributed by atoms with Crippen molar-refractivity contribution in [2.24, 2.45) is 0 Å². The first-order valence-corrected chi connectivity index (χ1v) is 6.00. The van der Waals surface area contributed by atoms with Gasteiger partial charge in [0.1, 0.15) is 11.6 Å². The quantitative estimate of drug-likeness (QED) is 0.717. The van der Waals surface area contributed by atoms with Crippen LogP contribution in [0.1, 0.15) is 12.7 Å². The van der Waals surface area contributed by atoms with Gasteiger partial charge in [0.2, 0.25) is 0 Å². The van der Waals surface area contributed by atoms with Crippen molar-refractivity contribution in [2.45, 2.75) is 13.8 Å². The van der Waals surface area contributed by atoms with Crippen molar-refractivity contribution in [2.75, 3.05) is 31.6 Å². The second-order valence-corrected chi connectivity index (χ2v) is 4.16. The van der Waals surface area contributed by atoms with Gasteiger partial charge in [-0.15, -0.1) is 0 Å². The number of aromatic nitrogens is 4. The molecule has 0 amide bonds. The van der Waals surface area contributed by atoms with Crippen LogP contribution in [0.2, 0.25) is 0 Å². The lowest BCUT2D eigenvalue weighted by Crippen LogP contribution is -2.30. The van der Waals surface area contributed by atoms with E-state index in [2.05, 4.69) is 27.4 Å². The van der Waals surface area contributed by atoms with Crippen molar-refractivity contribution in [1.82, 2.24) is 24.9 Å². The number of fused-ring (bicyclic) bond motifs is 1. The zero-order chi connectivity index (χ0) is 13.1. The Bertz CT molecular complexity index is 587. The Labute approximate surface area is 105 Å². The standard InChI is InChI=1S/C11H18N6O/c1-4-12-5-6-16(3)9-7-10-14-15-11(18)17(10)8(2)13-9/h7,12H,4-6H2,1-3H3,(H,15,18). The topological polar surface area (TPSA) is 78.3 Å². The second kappa shape index (κ2) is 5.18. The lowest BCUT2D eigenvalue weighted by Gasteiger charge is -2.18. The molecule has 0 aliphatic carbocycles. The first-order valence-electron chi connectivity index (χ1n) is 6.00. The highest BCUT2D eigenvalue weighted by Crippen LogP contribution is 2.11. The summed E-state index contributed by atoms with van der Waals surface area (Å²) < 4.78 is 1.46. The van der Waals surface area contributed by atoms with Crippen molar-refractivity contribution in [3.8, 4) is 0 Å². The van der Waals surface area contributed by atoms with Crippen LogP contribution in [0.25, 0.3) is 5.65 Å². The van der Waals surface area contributed by atoms with Crippen molar-refractivity contribution >= 4 is 11.5 Å². The number of aromatic amines is 1. The van der Waals surface area contributed by atoms with Gasteiger partial charge in [-0.2, -0.15) is 5.10 Å². The smallest absolute Gasteiger partial charge is 0.349 e. The van der Waals surface area contributed by atoms with E-state index in [0.717, 1.165) is 25.5 Å². The number of rotatable bonds is 5. The van der Waals surface area contributed by atoms with E-state index in [1.807, 2.05) is 11.9 Å². The Hall–Kier alpha value is -1.89. The van der Waals surface area contributed by atoms with Crippen molar-refractivity contribution in [1.29, 1.82) is 0 Å². The summed E-state index contributed by atoms with van der Waals surface area (Å²) in [6.45, 7) is 6.57. The molecule has 7 nitrogen and oxygen atoms in total. The molecule has 0 radical (unpaired) electrons. The third kappa shape index (κ3) is 2.35. The van der Waals surface area contributed by atoms with E-state index < -0.39 is 0 Å². The van der Waals surface area contributed by atoms with Crippen molar-refractivity contribution < 1.29 is 0 Å². The molecular weight excluding hydrogens is 232 g/mol. The summed E-state index contributed by atoms with van der Waals surface area (Å²) in [5.41, 5.74) is 0.342. The molecule has 2 heterocycles. The molecule has 0 spiro atoms. The fourth-order valence-corrected chi connectivity index (χ4v) is 1.82. The fourth-order valence-electron chi connectivity index (χ4n) is 1.82. The molecule has 2 N–H and O–H groups in total. The van der Waals surface area contributed by atoms with Crippen molar-refractivity contribution in [3.63, 3.8) is 0 Å². The molecule has 0 aliphatic heterocycles. The van der Waals surface area contributed by atoms with Crippen LogP contribution < -0.4 is 15.9 Å². The monoisotopic (exact) mass is 250 g/mol. The van der Waals surface area contributed by atoms with Gasteiger partial charge >= 0.3 is 5.69 Å². The molecule has 0 unspecified atom stereocenters. The largest absolute Gasteiger partial charge is 0.358 e. The third-order valence-corrected chi connectivity index (χ3v) is 2.82. The van der Waals surface area contributed by atoms with Gasteiger partial charge in [0.25, 0.3) is 0 Å². The predicted octanol–water partition coefficient (Wildman–Crippen LogP) is -0.228. The van der Waals surface area contributed by atoms with Gasteiger partial charge in [-0.3, -0.25) is 0 Å². The number of hydrogen-bond donors (Lipinski definition) is 2. The summed E-state index contributed by atoms with van der Waals surface area (Å²) in [5, 5.41) is 9.64. The third-order valence-electron chi connectivity index (χ3n) is 2.82. The van der Waals surface area contributed by atoms with Crippen LogP contribution in [-0.2, 0) is 0 Å². The molecule has 98 valence electrons. The van der Waals surface area contributed by atoms with Crippen LogP contribution >= 0.6 is 0 Å². The summed E-state index contributed by atoms with van der Waals surface area (Å²) in [5.74, 6) is 1.45. The van der Waals surface area contributed by atoms with E-state index >= 15 is 0 Å². The zero-order valence-corrected chi connectivity index (χ0v) is 10.9. The molecule has 0 aromatic carbocycles. The number of H-pyrrole nitrogens is 1. The summed E-state index contributed by atoms with van der Waals surface area (Å²) >= 11 is 0. The zero-order valence-electron chi connectivity index (χ0n) is 10.9. The summed E-state index contributed by atoms with van der Waals surface area (Å²) in [6.07, 6.45) is 0. The first kappa shape index (κ1) is 12.6. The van der Waals surface area contributed by atoms with E-state index in [9.17, 15) is 4.79 Å². The SMILES string of the molecule is CCNCCN(C)c1cc2n[nH]c(=O)n2c(C)n1. The Morgan fingerprint density at radius 3 is 3.06 bits per heavy atom. The first-order chi connectivity index (χ1) is 8.63. The molecule has 7 heteroatoms. The van der Waals surface area contributed by atoms with Crippen LogP contribution in [0.15, 0.2) is 10.9 Å². The van der Waals surface area contributed by atoms with Gasteiger partial charge in [-0.25, -0.2) is 19.3 Å². The predicted molar refractivity (Wildman–Crippen MR) is 70.2 cm³/mol. The molecule has 2 aromatic rings. The number of anilines is 1. The molecule has 2 rings (SSSR count). The number of nitrogens with one attached hydrogen (secondary N) is 2. The maximum Gasteiger partial charge on any atom is 0.349 e. The molecule has 0 aliphatic rings. The highest BCUT2D eigenvalue weighted by molar-refractivity contribution is 5.50. The van der Waals surface area contributed by atoms with Crippen LogP contribution in [0.5, 0.6) is 0 Å². The van der Waals surface area contributed by atoms with E-state index in [-0.39, 0.29) is 5.69 Å². The van der Waals surface area contributed by atoms with Crippen molar-refractivity contribution in [3.05, 3.63) is 22.4 Å². The lowest BCUT2D eigenvalue weighted by molar-refractivity contribution is 0.701. The average Bonchev–Trinajstić information content (AvgIpc) is 2.71. The minimum absolute atomic E-state index is 0.253. The molecular formula is C11H18N6O. The summed E-state index contributed by atoms with van der Waals surface area (Å²) in [6, 6.07) is 1.80. The number of hydrogen-bond acceptors (Lipinski definition) is 5. The van der Waals surface area contributed by atoms with Gasteiger partial charge in [-0.1, -0.05) is 6.92 Å². The van der Waals surface area contributed by atoms with E-state index in [0.29, 0.717) is 11.5 Å². The van der Waals surface area contributed by atoms with E-state index in [1.165, 1.54) is 4.40 Å². The molecule has 0 saturated carbocycles. The summed E-state index contributed by atoms with van der Waals surface area (Å²) in [7, 11) is 1.97. The molecule has 0 bridgehead atoms. The molecule has 0 saturated heterocycles. The Balaban J connectivity index is 2.26. The Morgan fingerprint density at radius 1 is 1.56 bits per heavy atom. The van der Waals surface area contributed by atoms with Crippen LogP contribution in [0.4, 0.5) is 5.82 Å². The van der Waals surface area contributed by atoms with Gasteiger partial charge in [0.05, 0.1) is 0 Å². The normalized spacial score (nSPS) is 11.1. The van der Waals surface area contributed by atoms with Gasteiger partial charge in [0, 0.05) is 26.2 Å². The van der Waals surface area contributed by atoms with Gasteiger partial charge in [-0.05, 0) is 13.5 Å². The van der Waals surface area contributed by atoms with Crippen LogP contribution in [-0.4, -0.2) is 46.3 Å². The van der Waals surface area contributed by atoms with Gasteiger partial charge < -0.3 is 10.2 Å². The minimum atomic E-state index is -0.253. The molecule has 0 fully saturated rings. The van der Waals surface area contributed by atoms with Crippen LogP contribution in [0.3, 0.4) is 0 Å². The molecule has 18 heavy (non-hydrogen) atoms. The maximum atomic E-state index is 11.5. The average molecular weight is 250 g/mol. The van der Waals surface area contributed by atoms with E-state index in [4.69, 9.17) is 0 Å². The minimum Gasteiger partial charge on any atom is -0.358 e. The number of aryl methyl sites for hydroxylation is 1. The Morgan fingerprint density at radius 2 is 2.33 bits per heavy atom.